The molecule has 0 saturated carbocycles. The van der Waals surface area contributed by atoms with Crippen LogP contribution in [0, 0.1) is 0 Å². The molecule has 130 valence electrons. The molecule has 0 amide bonds. The van der Waals surface area contributed by atoms with Gasteiger partial charge in [-0.05, 0) is 61.9 Å². The molecular formula is C20H20ClFN2O. The summed E-state index contributed by atoms with van der Waals surface area (Å²) in [5.74, 6) is -0.303. The number of Topliss-reactive ketones (excluding diaryl/α,β-unsaturated/α-hetero) is 1. The first-order chi connectivity index (χ1) is 12.0. The van der Waals surface area contributed by atoms with Crippen molar-refractivity contribution in [1.82, 2.24) is 9.88 Å². The first-order valence-electron chi connectivity index (χ1n) is 8.34. The van der Waals surface area contributed by atoms with E-state index >= 15 is 0 Å². The van der Waals surface area contributed by atoms with Crippen LogP contribution in [-0.2, 0) is 6.42 Å². The lowest BCUT2D eigenvalue weighted by Crippen LogP contribution is -2.26. The first-order valence-corrected chi connectivity index (χ1v) is 8.72. The highest BCUT2D eigenvalue weighted by Gasteiger charge is 2.17. The van der Waals surface area contributed by atoms with Gasteiger partial charge in [0.2, 0.25) is 0 Å². The summed E-state index contributed by atoms with van der Waals surface area (Å²) in [6, 6.07) is 11.9. The van der Waals surface area contributed by atoms with Crippen molar-refractivity contribution in [2.75, 3.05) is 20.1 Å². The Balaban J connectivity index is 1.76. The van der Waals surface area contributed by atoms with Crippen LogP contribution < -0.4 is 0 Å². The predicted octanol–water partition coefficient (Wildman–Crippen LogP) is 4.57. The van der Waals surface area contributed by atoms with Crippen molar-refractivity contribution < 1.29 is 9.18 Å². The molecule has 1 aromatic carbocycles. The molecular weight excluding hydrogens is 339 g/mol. The van der Waals surface area contributed by atoms with Crippen molar-refractivity contribution in [2.45, 2.75) is 19.3 Å². The number of aromatic nitrogens is 1. The van der Waals surface area contributed by atoms with Gasteiger partial charge in [0.15, 0.2) is 5.78 Å². The maximum absolute atomic E-state index is 14.7. The molecule has 0 N–H and O–H groups in total. The zero-order chi connectivity index (χ0) is 17.8. The molecule has 0 spiro atoms. The molecule has 25 heavy (non-hydrogen) atoms. The summed E-state index contributed by atoms with van der Waals surface area (Å²) in [5, 5.41) is 0.587. The number of likely N-dealkylation sites (tertiary alicyclic amines) is 1. The van der Waals surface area contributed by atoms with Crippen molar-refractivity contribution in [3.63, 3.8) is 0 Å². The summed E-state index contributed by atoms with van der Waals surface area (Å²) in [5.41, 5.74) is 2.28. The minimum absolute atomic E-state index is 0.0614. The SMILES string of the molecule is CN1CCC(=C(F)c2cccc(CC(=O)c3ccc(Cl)cc3)n2)CC1. The minimum atomic E-state index is -0.242. The topological polar surface area (TPSA) is 33.2 Å². The van der Waals surface area contributed by atoms with Gasteiger partial charge in [0.25, 0.3) is 0 Å². The van der Waals surface area contributed by atoms with Gasteiger partial charge in [0.1, 0.15) is 5.83 Å². The largest absolute Gasteiger partial charge is 0.306 e. The smallest absolute Gasteiger partial charge is 0.168 e. The molecule has 3 nitrogen and oxygen atoms in total. The lowest BCUT2D eigenvalue weighted by atomic mass is 10.0. The number of carbonyl (C=O) groups excluding carboxylic acids is 1. The first kappa shape index (κ1) is 17.8. The molecule has 0 radical (unpaired) electrons. The number of carbonyl (C=O) groups is 1. The molecule has 1 saturated heterocycles. The number of hydrogen-bond donors (Lipinski definition) is 0. The molecule has 1 fully saturated rings. The summed E-state index contributed by atoms with van der Waals surface area (Å²) in [4.78, 5) is 18.9. The molecule has 3 rings (SSSR count). The van der Waals surface area contributed by atoms with Crippen molar-refractivity contribution in [2.24, 2.45) is 0 Å². The van der Waals surface area contributed by atoms with E-state index in [-0.39, 0.29) is 18.0 Å². The zero-order valence-electron chi connectivity index (χ0n) is 14.1. The van der Waals surface area contributed by atoms with Gasteiger partial charge in [-0.15, -0.1) is 0 Å². The van der Waals surface area contributed by atoms with Gasteiger partial charge in [-0.3, -0.25) is 4.79 Å². The third-order valence-electron chi connectivity index (χ3n) is 4.44. The lowest BCUT2D eigenvalue weighted by Gasteiger charge is -2.24. The Morgan fingerprint density at radius 1 is 1.16 bits per heavy atom. The number of pyridine rings is 1. The van der Waals surface area contributed by atoms with Gasteiger partial charge in [0, 0.05) is 29.4 Å². The fourth-order valence-electron chi connectivity index (χ4n) is 2.89. The Hall–Kier alpha value is -2.04. The van der Waals surface area contributed by atoms with E-state index in [1.54, 1.807) is 42.5 Å². The molecule has 2 aromatic rings. The average molecular weight is 359 g/mol. The van der Waals surface area contributed by atoms with Crippen LogP contribution >= 0.6 is 11.6 Å². The number of nitrogens with zero attached hydrogens (tertiary/aromatic N) is 2. The number of hydrogen-bond acceptors (Lipinski definition) is 3. The molecule has 5 heteroatoms. The average Bonchev–Trinajstić information content (AvgIpc) is 2.62. The summed E-state index contributed by atoms with van der Waals surface area (Å²) < 4.78 is 14.7. The summed E-state index contributed by atoms with van der Waals surface area (Å²) >= 11 is 5.84. The van der Waals surface area contributed by atoms with Gasteiger partial charge in [-0.25, -0.2) is 9.37 Å². The highest BCUT2D eigenvalue weighted by atomic mass is 35.5. The third-order valence-corrected chi connectivity index (χ3v) is 4.69. The van der Waals surface area contributed by atoms with Crippen molar-refractivity contribution in [3.05, 3.63) is 70.0 Å². The molecule has 0 atom stereocenters. The quantitative estimate of drug-likeness (QED) is 0.751. The third kappa shape index (κ3) is 4.53. The second-order valence-corrected chi connectivity index (χ2v) is 6.78. The van der Waals surface area contributed by atoms with E-state index in [1.807, 2.05) is 7.05 Å². The van der Waals surface area contributed by atoms with Crippen LogP contribution in [0.5, 0.6) is 0 Å². The number of piperidine rings is 1. The van der Waals surface area contributed by atoms with E-state index in [2.05, 4.69) is 9.88 Å². The van der Waals surface area contributed by atoms with Crippen LogP contribution in [-0.4, -0.2) is 35.8 Å². The highest BCUT2D eigenvalue weighted by Crippen LogP contribution is 2.26. The van der Waals surface area contributed by atoms with E-state index in [9.17, 15) is 9.18 Å². The normalized spacial score (nSPS) is 15.2. The molecule has 0 aliphatic carbocycles. The minimum Gasteiger partial charge on any atom is -0.306 e. The highest BCUT2D eigenvalue weighted by molar-refractivity contribution is 6.30. The van der Waals surface area contributed by atoms with Crippen molar-refractivity contribution in [1.29, 1.82) is 0 Å². The van der Waals surface area contributed by atoms with Crippen molar-refractivity contribution >= 4 is 23.2 Å². The second kappa shape index (κ2) is 7.89. The monoisotopic (exact) mass is 358 g/mol. The Bertz CT molecular complexity index is 792. The summed E-state index contributed by atoms with van der Waals surface area (Å²) in [7, 11) is 2.04. The number of ketones is 1. The van der Waals surface area contributed by atoms with E-state index in [0.29, 0.717) is 22.0 Å². The van der Waals surface area contributed by atoms with Gasteiger partial charge in [-0.1, -0.05) is 17.7 Å². The van der Waals surface area contributed by atoms with E-state index in [4.69, 9.17) is 11.6 Å². The van der Waals surface area contributed by atoms with Crippen LogP contribution in [0.15, 0.2) is 48.0 Å². The van der Waals surface area contributed by atoms with Crippen LogP contribution in [0.3, 0.4) is 0 Å². The Labute approximate surface area is 152 Å². The van der Waals surface area contributed by atoms with Crippen LogP contribution in [0.4, 0.5) is 4.39 Å². The Kier molecular flexibility index (Phi) is 5.61. The van der Waals surface area contributed by atoms with Crippen molar-refractivity contribution in [3.8, 4) is 0 Å². The van der Waals surface area contributed by atoms with E-state index in [0.717, 1.165) is 31.5 Å². The molecule has 1 aromatic heterocycles. The molecule has 1 aliphatic rings. The number of rotatable bonds is 4. The molecule has 0 unspecified atom stereocenters. The summed E-state index contributed by atoms with van der Waals surface area (Å²) in [6.07, 6.45) is 1.58. The maximum atomic E-state index is 14.7. The van der Waals surface area contributed by atoms with E-state index < -0.39 is 0 Å². The predicted molar refractivity (Wildman–Crippen MR) is 98.5 cm³/mol. The van der Waals surface area contributed by atoms with Crippen LogP contribution in [0.25, 0.3) is 5.83 Å². The molecule has 2 heterocycles. The zero-order valence-corrected chi connectivity index (χ0v) is 14.9. The number of halogens is 2. The van der Waals surface area contributed by atoms with Gasteiger partial charge >= 0.3 is 0 Å². The van der Waals surface area contributed by atoms with Crippen LogP contribution in [0.1, 0.15) is 34.6 Å². The fourth-order valence-corrected chi connectivity index (χ4v) is 3.02. The maximum Gasteiger partial charge on any atom is 0.168 e. The van der Waals surface area contributed by atoms with Crippen LogP contribution in [0.2, 0.25) is 5.02 Å². The fraction of sp³-hybridized carbons (Fsp3) is 0.300. The standard InChI is InChI=1S/C20H20ClFN2O/c1-24-11-9-15(10-12-24)20(22)18-4-2-3-17(23-18)13-19(25)14-5-7-16(21)8-6-14/h2-8H,9-13H2,1H3. The Morgan fingerprint density at radius 2 is 1.84 bits per heavy atom. The summed E-state index contributed by atoms with van der Waals surface area (Å²) in [6.45, 7) is 1.72. The molecule has 1 aliphatic heterocycles. The van der Waals surface area contributed by atoms with E-state index in [1.165, 1.54) is 0 Å². The Morgan fingerprint density at radius 3 is 2.52 bits per heavy atom. The number of benzene rings is 1. The lowest BCUT2D eigenvalue weighted by molar-refractivity contribution is 0.0992. The second-order valence-electron chi connectivity index (χ2n) is 6.34. The van der Waals surface area contributed by atoms with Gasteiger partial charge < -0.3 is 4.90 Å². The van der Waals surface area contributed by atoms with Gasteiger partial charge in [-0.2, -0.15) is 0 Å². The van der Waals surface area contributed by atoms with Gasteiger partial charge in [0.05, 0.1) is 12.1 Å². The molecule has 0 bridgehead atoms.